The fourth-order valence-corrected chi connectivity index (χ4v) is 5.56. The van der Waals surface area contributed by atoms with Crippen LogP contribution in [-0.2, 0) is 14.3 Å². The molecule has 10 heteroatoms. The van der Waals surface area contributed by atoms with Crippen molar-refractivity contribution >= 4 is 50.6 Å². The van der Waals surface area contributed by atoms with Gasteiger partial charge in [-0.3, -0.25) is 14.4 Å². The average molecular weight is 531 g/mol. The van der Waals surface area contributed by atoms with Gasteiger partial charge in [-0.05, 0) is 50.1 Å². The molecular formula is C28H26N4O5S. The van der Waals surface area contributed by atoms with Gasteiger partial charge in [0.25, 0.3) is 5.56 Å². The second-order valence-corrected chi connectivity index (χ2v) is 10.0. The van der Waals surface area contributed by atoms with Crippen molar-refractivity contribution in [2.45, 2.75) is 27.2 Å². The number of carbonyl (C=O) groups excluding carboxylic acids is 3. The zero-order chi connectivity index (χ0) is 27.0. The predicted molar refractivity (Wildman–Crippen MR) is 146 cm³/mol. The summed E-state index contributed by atoms with van der Waals surface area (Å²) in [4.78, 5) is 54.1. The highest BCUT2D eigenvalue weighted by Crippen LogP contribution is 2.33. The number of nitrogens with one attached hydrogen (secondary N) is 1. The van der Waals surface area contributed by atoms with Crippen molar-refractivity contribution < 1.29 is 19.1 Å². The molecule has 0 spiro atoms. The molecule has 5 rings (SSSR count). The van der Waals surface area contributed by atoms with Crippen molar-refractivity contribution in [2.24, 2.45) is 5.92 Å². The van der Waals surface area contributed by atoms with Gasteiger partial charge >= 0.3 is 5.97 Å². The van der Waals surface area contributed by atoms with E-state index in [1.165, 1.54) is 0 Å². The van der Waals surface area contributed by atoms with Crippen LogP contribution in [0.5, 0.6) is 0 Å². The Morgan fingerprint density at radius 3 is 2.66 bits per heavy atom. The Kier molecular flexibility index (Phi) is 6.81. The normalized spacial score (nSPS) is 15.2. The summed E-state index contributed by atoms with van der Waals surface area (Å²) in [6.45, 7) is 5.88. The molecule has 1 N–H and O–H groups in total. The number of carbonyl (C=O) groups is 3. The van der Waals surface area contributed by atoms with E-state index in [2.05, 4.69) is 10.4 Å². The van der Waals surface area contributed by atoms with E-state index in [1.807, 2.05) is 44.2 Å². The highest BCUT2D eigenvalue weighted by Gasteiger charge is 2.36. The number of aromatic nitrogens is 2. The minimum atomic E-state index is -0.662. The second-order valence-electron chi connectivity index (χ2n) is 9.16. The molecule has 9 nitrogen and oxygen atoms in total. The summed E-state index contributed by atoms with van der Waals surface area (Å²) in [5, 5.41) is 9.58. The van der Waals surface area contributed by atoms with Crippen molar-refractivity contribution in [3.8, 4) is 5.69 Å². The van der Waals surface area contributed by atoms with Gasteiger partial charge in [0.2, 0.25) is 11.8 Å². The van der Waals surface area contributed by atoms with E-state index in [4.69, 9.17) is 4.74 Å². The highest BCUT2D eigenvalue weighted by molar-refractivity contribution is 7.16. The van der Waals surface area contributed by atoms with E-state index < -0.39 is 17.4 Å². The Balaban J connectivity index is 1.52. The first-order valence-corrected chi connectivity index (χ1v) is 13.1. The summed E-state index contributed by atoms with van der Waals surface area (Å²) < 4.78 is 6.35. The van der Waals surface area contributed by atoms with E-state index in [-0.39, 0.29) is 42.5 Å². The minimum absolute atomic E-state index is 0.0125. The van der Waals surface area contributed by atoms with Crippen molar-refractivity contribution in [3.05, 3.63) is 81.1 Å². The zero-order valence-electron chi connectivity index (χ0n) is 21.2. The number of para-hydroxylation sites is 1. The standard InChI is InChI=1S/C28H26N4O5S/c1-4-37-28(36)24-20-15-38-26(23(20)27(35)32(30-24)19-10-7-8-16(2)12-19)29-25(34)18-13-22(33)31(14-18)21-11-6-5-9-17(21)3/h5-12,15,18H,4,13-14H2,1-3H3,(H,29,34). The molecule has 0 bridgehead atoms. The molecule has 0 radical (unpaired) electrons. The molecule has 1 saturated heterocycles. The summed E-state index contributed by atoms with van der Waals surface area (Å²) in [5.74, 6) is -1.75. The number of aryl methyl sites for hydroxylation is 2. The number of thiophene rings is 1. The molecule has 38 heavy (non-hydrogen) atoms. The van der Waals surface area contributed by atoms with Crippen molar-refractivity contribution in [1.29, 1.82) is 0 Å². The molecule has 3 heterocycles. The van der Waals surface area contributed by atoms with Crippen LogP contribution in [0.25, 0.3) is 16.5 Å². The summed E-state index contributed by atoms with van der Waals surface area (Å²) in [6, 6.07) is 14.7. The maximum atomic E-state index is 13.6. The van der Waals surface area contributed by atoms with Gasteiger partial charge in [0.15, 0.2) is 5.69 Å². The van der Waals surface area contributed by atoms with Crippen LogP contribution in [0.1, 0.15) is 35.0 Å². The maximum absolute atomic E-state index is 13.6. The average Bonchev–Trinajstić information content (AvgIpc) is 3.49. The lowest BCUT2D eigenvalue weighted by Crippen LogP contribution is -2.29. The molecular weight excluding hydrogens is 504 g/mol. The Labute approximate surface area is 222 Å². The van der Waals surface area contributed by atoms with Crippen LogP contribution in [0.3, 0.4) is 0 Å². The molecule has 0 saturated carbocycles. The lowest BCUT2D eigenvalue weighted by molar-refractivity contribution is -0.122. The Morgan fingerprint density at radius 2 is 1.92 bits per heavy atom. The predicted octanol–water partition coefficient (Wildman–Crippen LogP) is 4.23. The van der Waals surface area contributed by atoms with Crippen LogP contribution in [0.2, 0.25) is 0 Å². The van der Waals surface area contributed by atoms with Gasteiger partial charge < -0.3 is 15.0 Å². The third kappa shape index (κ3) is 4.58. The Hall–Kier alpha value is -4.31. The van der Waals surface area contributed by atoms with E-state index in [0.29, 0.717) is 16.1 Å². The largest absolute Gasteiger partial charge is 0.461 e. The first-order chi connectivity index (χ1) is 18.3. The second kappa shape index (κ2) is 10.2. The fourth-order valence-electron chi connectivity index (χ4n) is 4.62. The smallest absolute Gasteiger partial charge is 0.359 e. The lowest BCUT2D eigenvalue weighted by Gasteiger charge is -2.18. The molecule has 2 aromatic heterocycles. The van der Waals surface area contributed by atoms with Gasteiger partial charge in [-0.15, -0.1) is 11.3 Å². The van der Waals surface area contributed by atoms with Crippen LogP contribution in [0.15, 0.2) is 58.7 Å². The maximum Gasteiger partial charge on any atom is 0.359 e. The van der Waals surface area contributed by atoms with Gasteiger partial charge in [0, 0.05) is 29.4 Å². The minimum Gasteiger partial charge on any atom is -0.461 e. The molecule has 1 fully saturated rings. The number of benzene rings is 2. The molecule has 2 aromatic carbocycles. The number of fused-ring (bicyclic) bond motifs is 1. The molecule has 4 aromatic rings. The first-order valence-electron chi connectivity index (χ1n) is 12.2. The van der Waals surface area contributed by atoms with Crippen molar-refractivity contribution in [2.75, 3.05) is 23.4 Å². The number of amides is 2. The fraction of sp³-hybridized carbons (Fsp3) is 0.250. The van der Waals surface area contributed by atoms with E-state index in [1.54, 1.807) is 35.4 Å². The number of ether oxygens (including phenoxy) is 1. The molecule has 1 unspecified atom stereocenters. The highest BCUT2D eigenvalue weighted by atomic mass is 32.1. The summed E-state index contributed by atoms with van der Waals surface area (Å²) in [7, 11) is 0. The number of rotatable bonds is 6. The topological polar surface area (TPSA) is 111 Å². The lowest BCUT2D eigenvalue weighted by atomic mass is 10.1. The molecule has 194 valence electrons. The number of hydrogen-bond donors (Lipinski definition) is 1. The van der Waals surface area contributed by atoms with Gasteiger partial charge in [-0.25, -0.2) is 4.79 Å². The Bertz CT molecular complexity index is 1640. The Morgan fingerprint density at radius 1 is 1.13 bits per heavy atom. The number of hydrogen-bond acceptors (Lipinski definition) is 7. The van der Waals surface area contributed by atoms with Gasteiger partial charge in [0.05, 0.1) is 23.6 Å². The van der Waals surface area contributed by atoms with Gasteiger partial charge in [-0.1, -0.05) is 30.3 Å². The molecule has 0 aliphatic carbocycles. The van der Waals surface area contributed by atoms with E-state index >= 15 is 0 Å². The summed E-state index contributed by atoms with van der Waals surface area (Å²) in [6.07, 6.45) is 0.0621. The first kappa shape index (κ1) is 25.3. The van der Waals surface area contributed by atoms with E-state index in [9.17, 15) is 19.2 Å². The van der Waals surface area contributed by atoms with Gasteiger partial charge in [-0.2, -0.15) is 9.78 Å². The molecule has 1 aliphatic rings. The molecule has 2 amide bonds. The van der Waals surface area contributed by atoms with Crippen LogP contribution >= 0.6 is 11.3 Å². The van der Waals surface area contributed by atoms with Crippen molar-refractivity contribution in [3.63, 3.8) is 0 Å². The molecule has 1 atom stereocenters. The number of anilines is 2. The number of nitrogens with zero attached hydrogens (tertiary/aromatic N) is 3. The van der Waals surface area contributed by atoms with Crippen LogP contribution in [0.4, 0.5) is 10.7 Å². The van der Waals surface area contributed by atoms with Crippen molar-refractivity contribution in [1.82, 2.24) is 9.78 Å². The SMILES string of the molecule is CCOC(=O)c1nn(-c2cccc(C)c2)c(=O)c2c(NC(=O)C3CC(=O)N(c4ccccc4C)C3)scc12. The zero-order valence-corrected chi connectivity index (χ0v) is 22.0. The molecule has 1 aliphatic heterocycles. The summed E-state index contributed by atoms with van der Waals surface area (Å²) >= 11 is 1.13. The number of esters is 1. The quantitative estimate of drug-likeness (QED) is 0.374. The van der Waals surface area contributed by atoms with Gasteiger partial charge in [0.1, 0.15) is 5.00 Å². The van der Waals surface area contributed by atoms with Crippen LogP contribution in [-0.4, -0.2) is 40.7 Å². The van der Waals surface area contributed by atoms with E-state index in [0.717, 1.165) is 32.8 Å². The summed E-state index contributed by atoms with van der Waals surface area (Å²) in [5.41, 5.74) is 2.64. The van der Waals surface area contributed by atoms with Crippen LogP contribution in [0, 0.1) is 19.8 Å². The monoisotopic (exact) mass is 530 g/mol. The third-order valence-electron chi connectivity index (χ3n) is 6.51. The third-order valence-corrected chi connectivity index (χ3v) is 7.40. The van der Waals surface area contributed by atoms with Crippen LogP contribution < -0.4 is 15.8 Å².